The lowest BCUT2D eigenvalue weighted by atomic mass is 9.97. The van der Waals surface area contributed by atoms with E-state index in [1.54, 1.807) is 0 Å². The highest BCUT2D eigenvalue weighted by Gasteiger charge is 2.26. The summed E-state index contributed by atoms with van der Waals surface area (Å²) in [7, 11) is 0. The summed E-state index contributed by atoms with van der Waals surface area (Å²) in [6.45, 7) is 7.79. The molecule has 18 heavy (non-hydrogen) atoms. The maximum Gasteiger partial charge on any atom is 0.246 e. The van der Waals surface area contributed by atoms with Gasteiger partial charge in [0.15, 0.2) is 0 Å². The Kier molecular flexibility index (Phi) is 6.65. The van der Waals surface area contributed by atoms with Gasteiger partial charge in [-0.1, -0.05) is 20.3 Å². The minimum atomic E-state index is -0.0153. The van der Waals surface area contributed by atoms with Gasteiger partial charge in [0.1, 0.15) is 6.61 Å². The number of amides is 1. The highest BCUT2D eigenvalue weighted by Crippen LogP contribution is 2.30. The third-order valence-electron chi connectivity index (χ3n) is 4.07. The standard InChI is InChI=1S/C14H28N2O2/c1-10(2)11(3)16-14(17)9-18-8-13-6-4-5-12(13)7-15/h10-13H,4-9,15H2,1-3H3,(H,16,17). The molecule has 1 saturated carbocycles. The number of hydrogen-bond acceptors (Lipinski definition) is 3. The number of nitrogens with two attached hydrogens (primary N) is 1. The minimum absolute atomic E-state index is 0.0153. The van der Waals surface area contributed by atoms with E-state index in [-0.39, 0.29) is 18.6 Å². The third-order valence-corrected chi connectivity index (χ3v) is 4.07. The first-order chi connectivity index (χ1) is 8.54. The van der Waals surface area contributed by atoms with Gasteiger partial charge in [0, 0.05) is 6.04 Å². The molecule has 0 spiro atoms. The van der Waals surface area contributed by atoms with Crippen LogP contribution in [-0.2, 0) is 9.53 Å². The monoisotopic (exact) mass is 256 g/mol. The van der Waals surface area contributed by atoms with Crippen LogP contribution in [0.3, 0.4) is 0 Å². The zero-order chi connectivity index (χ0) is 13.5. The van der Waals surface area contributed by atoms with E-state index >= 15 is 0 Å². The lowest BCUT2D eigenvalue weighted by Crippen LogP contribution is -2.38. The van der Waals surface area contributed by atoms with Crippen molar-refractivity contribution in [1.82, 2.24) is 5.32 Å². The first-order valence-electron chi connectivity index (χ1n) is 7.11. The molecule has 1 amide bonds. The molecule has 1 aliphatic carbocycles. The molecule has 0 aromatic rings. The first-order valence-corrected chi connectivity index (χ1v) is 7.11. The van der Waals surface area contributed by atoms with Crippen LogP contribution in [0.25, 0.3) is 0 Å². The van der Waals surface area contributed by atoms with Crippen LogP contribution in [0, 0.1) is 17.8 Å². The number of rotatable bonds is 7. The van der Waals surface area contributed by atoms with Crippen molar-refractivity contribution in [1.29, 1.82) is 0 Å². The van der Waals surface area contributed by atoms with E-state index in [2.05, 4.69) is 19.2 Å². The Morgan fingerprint density at radius 2 is 2.00 bits per heavy atom. The van der Waals surface area contributed by atoms with Crippen LogP contribution < -0.4 is 11.1 Å². The van der Waals surface area contributed by atoms with Crippen molar-refractivity contribution in [2.75, 3.05) is 19.8 Å². The van der Waals surface area contributed by atoms with Crippen LogP contribution in [0.2, 0.25) is 0 Å². The molecule has 0 radical (unpaired) electrons. The van der Waals surface area contributed by atoms with E-state index in [1.807, 2.05) is 6.92 Å². The van der Waals surface area contributed by atoms with Gasteiger partial charge in [0.25, 0.3) is 0 Å². The summed E-state index contributed by atoms with van der Waals surface area (Å²) in [5, 5.41) is 2.94. The van der Waals surface area contributed by atoms with Gasteiger partial charge < -0.3 is 15.8 Å². The molecule has 0 heterocycles. The Balaban J connectivity index is 2.15. The second kappa shape index (κ2) is 7.74. The Labute approximate surface area is 111 Å². The summed E-state index contributed by atoms with van der Waals surface area (Å²) in [6.07, 6.45) is 3.64. The summed E-state index contributed by atoms with van der Waals surface area (Å²) in [5.41, 5.74) is 5.72. The summed E-state index contributed by atoms with van der Waals surface area (Å²) in [6, 6.07) is 0.198. The smallest absolute Gasteiger partial charge is 0.246 e. The van der Waals surface area contributed by atoms with Gasteiger partial charge in [-0.2, -0.15) is 0 Å². The number of nitrogens with one attached hydrogen (secondary N) is 1. The first kappa shape index (κ1) is 15.4. The molecule has 3 N–H and O–H groups in total. The molecule has 0 saturated heterocycles. The van der Waals surface area contributed by atoms with E-state index in [0.29, 0.717) is 24.4 Å². The second-order valence-electron chi connectivity index (χ2n) is 5.80. The lowest BCUT2D eigenvalue weighted by Gasteiger charge is -2.19. The highest BCUT2D eigenvalue weighted by atomic mass is 16.5. The van der Waals surface area contributed by atoms with Crippen molar-refractivity contribution in [3.63, 3.8) is 0 Å². The van der Waals surface area contributed by atoms with E-state index in [0.717, 1.165) is 6.54 Å². The molecule has 1 fully saturated rings. The topological polar surface area (TPSA) is 64.3 Å². The van der Waals surface area contributed by atoms with E-state index < -0.39 is 0 Å². The van der Waals surface area contributed by atoms with Gasteiger partial charge in [-0.05, 0) is 44.1 Å². The Morgan fingerprint density at radius 3 is 2.61 bits per heavy atom. The molecular formula is C14H28N2O2. The minimum Gasteiger partial charge on any atom is -0.371 e. The number of carbonyl (C=O) groups excluding carboxylic acids is 1. The summed E-state index contributed by atoms with van der Waals surface area (Å²) in [4.78, 5) is 11.6. The van der Waals surface area contributed by atoms with Crippen molar-refractivity contribution < 1.29 is 9.53 Å². The van der Waals surface area contributed by atoms with Crippen LogP contribution in [0.5, 0.6) is 0 Å². The normalized spacial score (nSPS) is 25.4. The van der Waals surface area contributed by atoms with E-state index in [4.69, 9.17) is 10.5 Å². The quantitative estimate of drug-likeness (QED) is 0.726. The molecule has 1 aliphatic rings. The maximum atomic E-state index is 11.6. The van der Waals surface area contributed by atoms with Crippen LogP contribution >= 0.6 is 0 Å². The molecule has 0 aromatic carbocycles. The SMILES string of the molecule is CC(C)C(C)NC(=O)COCC1CCCC1CN. The molecule has 3 unspecified atom stereocenters. The van der Waals surface area contributed by atoms with Crippen LogP contribution in [-0.4, -0.2) is 31.7 Å². The largest absolute Gasteiger partial charge is 0.371 e. The van der Waals surface area contributed by atoms with Gasteiger partial charge in [-0.3, -0.25) is 4.79 Å². The van der Waals surface area contributed by atoms with Gasteiger partial charge in [-0.15, -0.1) is 0 Å². The molecule has 1 rings (SSSR count). The zero-order valence-electron chi connectivity index (χ0n) is 11.9. The molecule has 0 aromatic heterocycles. The zero-order valence-corrected chi connectivity index (χ0v) is 11.9. The average molecular weight is 256 g/mol. The molecule has 3 atom stereocenters. The maximum absolute atomic E-state index is 11.6. The van der Waals surface area contributed by atoms with Crippen molar-refractivity contribution in [2.45, 2.75) is 46.1 Å². The highest BCUT2D eigenvalue weighted by molar-refractivity contribution is 5.77. The summed E-state index contributed by atoms with van der Waals surface area (Å²) >= 11 is 0. The van der Waals surface area contributed by atoms with Crippen molar-refractivity contribution in [3.05, 3.63) is 0 Å². The lowest BCUT2D eigenvalue weighted by molar-refractivity contribution is -0.127. The molecule has 4 nitrogen and oxygen atoms in total. The van der Waals surface area contributed by atoms with Gasteiger partial charge in [-0.25, -0.2) is 0 Å². The van der Waals surface area contributed by atoms with Gasteiger partial charge in [0.2, 0.25) is 5.91 Å². The van der Waals surface area contributed by atoms with Crippen LogP contribution in [0.1, 0.15) is 40.0 Å². The fraction of sp³-hybridized carbons (Fsp3) is 0.929. The second-order valence-corrected chi connectivity index (χ2v) is 5.80. The Morgan fingerprint density at radius 1 is 1.33 bits per heavy atom. The number of carbonyl (C=O) groups is 1. The van der Waals surface area contributed by atoms with Crippen LogP contribution in [0.15, 0.2) is 0 Å². The third kappa shape index (κ3) is 4.94. The Hall–Kier alpha value is -0.610. The van der Waals surface area contributed by atoms with Crippen molar-refractivity contribution >= 4 is 5.91 Å². The summed E-state index contributed by atoms with van der Waals surface area (Å²) < 4.78 is 5.52. The predicted molar refractivity (Wildman–Crippen MR) is 73.1 cm³/mol. The molecule has 0 aliphatic heterocycles. The fourth-order valence-electron chi connectivity index (χ4n) is 2.41. The number of hydrogen-bond donors (Lipinski definition) is 2. The van der Waals surface area contributed by atoms with Gasteiger partial charge >= 0.3 is 0 Å². The predicted octanol–water partition coefficient (Wildman–Crippen LogP) is 1.54. The van der Waals surface area contributed by atoms with Crippen molar-refractivity contribution in [2.24, 2.45) is 23.5 Å². The average Bonchev–Trinajstić information content (AvgIpc) is 2.76. The van der Waals surface area contributed by atoms with Crippen molar-refractivity contribution in [3.8, 4) is 0 Å². The molecular weight excluding hydrogens is 228 g/mol. The number of ether oxygens (including phenoxy) is 1. The molecule has 106 valence electrons. The van der Waals surface area contributed by atoms with E-state index in [1.165, 1.54) is 19.3 Å². The van der Waals surface area contributed by atoms with Crippen LogP contribution in [0.4, 0.5) is 0 Å². The summed E-state index contributed by atoms with van der Waals surface area (Å²) in [5.74, 6) is 1.57. The van der Waals surface area contributed by atoms with E-state index in [9.17, 15) is 4.79 Å². The Bertz CT molecular complexity index is 256. The molecule has 0 bridgehead atoms. The van der Waals surface area contributed by atoms with Gasteiger partial charge in [0.05, 0.1) is 6.61 Å². The molecule has 4 heteroatoms. The fourth-order valence-corrected chi connectivity index (χ4v) is 2.41.